The lowest BCUT2D eigenvalue weighted by atomic mass is 10.1. The van der Waals surface area contributed by atoms with Crippen molar-refractivity contribution in [3.05, 3.63) is 35.2 Å². The number of aromatic nitrogens is 2. The molecule has 7 heteroatoms. The Morgan fingerprint density at radius 1 is 1.48 bits per heavy atom. The zero-order chi connectivity index (χ0) is 15.4. The van der Waals surface area contributed by atoms with Gasteiger partial charge in [0.15, 0.2) is 10.8 Å². The molecule has 6 nitrogen and oxygen atoms in total. The third-order valence-electron chi connectivity index (χ3n) is 3.10. The normalized spacial score (nSPS) is 12.3. The number of hydrogen-bond acceptors (Lipinski definition) is 3. The van der Waals surface area contributed by atoms with Gasteiger partial charge in [-0.1, -0.05) is 31.0 Å². The molecule has 1 amide bonds. The van der Waals surface area contributed by atoms with Crippen molar-refractivity contribution in [2.24, 2.45) is 0 Å². The first-order valence-electron chi connectivity index (χ1n) is 6.68. The quantitative estimate of drug-likeness (QED) is 0.858. The molecule has 2 heterocycles. The predicted molar refractivity (Wildman–Crippen MR) is 78.6 cm³/mol. The van der Waals surface area contributed by atoms with Crippen LogP contribution in [0.4, 0.5) is 0 Å². The van der Waals surface area contributed by atoms with Crippen LogP contribution in [0.1, 0.15) is 36.7 Å². The molecule has 2 aromatic rings. The summed E-state index contributed by atoms with van der Waals surface area (Å²) in [5.41, 5.74) is 0.789. The van der Waals surface area contributed by atoms with Crippen molar-refractivity contribution < 1.29 is 14.7 Å². The number of carboxylic acid groups (broad SMARTS) is 1. The van der Waals surface area contributed by atoms with Gasteiger partial charge in [0.25, 0.3) is 5.91 Å². The summed E-state index contributed by atoms with van der Waals surface area (Å²) in [5.74, 6) is -1.36. The average molecular weight is 310 g/mol. The molecule has 0 radical (unpaired) electrons. The summed E-state index contributed by atoms with van der Waals surface area (Å²) in [5, 5.41) is 11.7. The average Bonchev–Trinajstić information content (AvgIpc) is 2.73. The minimum Gasteiger partial charge on any atom is -0.481 e. The van der Waals surface area contributed by atoms with E-state index in [0.717, 1.165) is 6.42 Å². The van der Waals surface area contributed by atoms with Gasteiger partial charge in [-0.15, -0.1) is 0 Å². The Hall–Kier alpha value is -2.08. The largest absolute Gasteiger partial charge is 0.481 e. The van der Waals surface area contributed by atoms with Crippen molar-refractivity contribution >= 4 is 29.1 Å². The van der Waals surface area contributed by atoms with Crippen LogP contribution in [0, 0.1) is 0 Å². The van der Waals surface area contributed by atoms with Crippen molar-refractivity contribution in [3.8, 4) is 0 Å². The molecule has 0 saturated heterocycles. The van der Waals surface area contributed by atoms with Gasteiger partial charge in [0, 0.05) is 12.2 Å². The van der Waals surface area contributed by atoms with Crippen LogP contribution >= 0.6 is 11.6 Å². The maximum atomic E-state index is 12.4. The first-order valence-corrected chi connectivity index (χ1v) is 7.06. The number of hydrogen-bond donors (Lipinski definition) is 2. The Labute approximate surface area is 126 Å². The minimum absolute atomic E-state index is 0.101. The van der Waals surface area contributed by atoms with Crippen LogP contribution in [0.2, 0.25) is 5.15 Å². The van der Waals surface area contributed by atoms with E-state index in [1.54, 1.807) is 28.8 Å². The van der Waals surface area contributed by atoms with E-state index in [2.05, 4.69) is 10.3 Å². The zero-order valence-electron chi connectivity index (χ0n) is 11.5. The molecule has 0 fully saturated rings. The summed E-state index contributed by atoms with van der Waals surface area (Å²) in [4.78, 5) is 27.3. The molecule has 0 aliphatic heterocycles. The monoisotopic (exact) mass is 309 g/mol. The summed E-state index contributed by atoms with van der Waals surface area (Å²) >= 11 is 6.02. The van der Waals surface area contributed by atoms with Gasteiger partial charge in [-0.2, -0.15) is 0 Å². The van der Waals surface area contributed by atoms with E-state index in [9.17, 15) is 9.59 Å². The van der Waals surface area contributed by atoms with Crippen molar-refractivity contribution in [1.82, 2.24) is 14.7 Å². The van der Waals surface area contributed by atoms with Gasteiger partial charge in [-0.05, 0) is 18.6 Å². The highest BCUT2D eigenvalue weighted by molar-refractivity contribution is 6.32. The molecular formula is C14H16ClN3O3. The van der Waals surface area contributed by atoms with Crippen molar-refractivity contribution in [2.45, 2.75) is 32.2 Å². The molecule has 2 rings (SSSR count). The second-order valence-corrected chi connectivity index (χ2v) is 5.09. The first kappa shape index (κ1) is 15.3. The van der Waals surface area contributed by atoms with Gasteiger partial charge in [0.2, 0.25) is 0 Å². The maximum absolute atomic E-state index is 12.4. The van der Waals surface area contributed by atoms with Crippen LogP contribution in [0.15, 0.2) is 24.4 Å². The van der Waals surface area contributed by atoms with Gasteiger partial charge >= 0.3 is 5.97 Å². The fraction of sp³-hybridized carbons (Fsp3) is 0.357. The number of carbonyl (C=O) groups excluding carboxylic acids is 1. The number of nitrogens with zero attached hydrogens (tertiary/aromatic N) is 2. The van der Waals surface area contributed by atoms with E-state index in [-0.39, 0.29) is 17.3 Å². The van der Waals surface area contributed by atoms with Crippen LogP contribution in [-0.4, -0.2) is 32.4 Å². The number of rotatable bonds is 6. The number of carbonyl (C=O) groups is 2. The number of pyridine rings is 1. The summed E-state index contributed by atoms with van der Waals surface area (Å²) < 4.78 is 1.58. The Morgan fingerprint density at radius 3 is 2.90 bits per heavy atom. The highest BCUT2D eigenvalue weighted by Gasteiger charge is 2.21. The number of carboxylic acids is 1. The van der Waals surface area contributed by atoms with Crippen LogP contribution in [0.25, 0.3) is 5.65 Å². The molecule has 2 aromatic heterocycles. The Bertz CT molecular complexity index is 669. The molecule has 0 aliphatic carbocycles. The third-order valence-corrected chi connectivity index (χ3v) is 3.36. The standard InChI is InChI=1S/C14H16ClN3O3/c1-2-5-9(8-11(19)20)16-14(21)12-13(15)17-10-6-3-4-7-18(10)12/h3-4,6-7,9H,2,5,8H2,1H3,(H,16,21)(H,19,20)/t9-/m0/s1. The summed E-state index contributed by atoms with van der Waals surface area (Å²) in [6.45, 7) is 1.93. The smallest absolute Gasteiger partial charge is 0.305 e. The van der Waals surface area contributed by atoms with E-state index < -0.39 is 17.9 Å². The van der Waals surface area contributed by atoms with Gasteiger partial charge in [-0.3, -0.25) is 14.0 Å². The molecule has 0 aromatic carbocycles. The highest BCUT2D eigenvalue weighted by Crippen LogP contribution is 2.18. The van der Waals surface area contributed by atoms with Gasteiger partial charge in [0.05, 0.1) is 6.42 Å². The number of amides is 1. The Kier molecular flexibility index (Phi) is 4.80. The predicted octanol–water partition coefficient (Wildman–Crippen LogP) is 2.36. The molecule has 0 unspecified atom stereocenters. The van der Waals surface area contributed by atoms with Crippen LogP contribution < -0.4 is 5.32 Å². The van der Waals surface area contributed by atoms with E-state index >= 15 is 0 Å². The van der Waals surface area contributed by atoms with Crippen molar-refractivity contribution in [2.75, 3.05) is 0 Å². The summed E-state index contributed by atoms with van der Waals surface area (Å²) in [7, 11) is 0. The molecule has 0 saturated carbocycles. The van der Waals surface area contributed by atoms with E-state index in [4.69, 9.17) is 16.7 Å². The number of nitrogens with one attached hydrogen (secondary N) is 1. The SMILES string of the molecule is CCC[C@@H](CC(=O)O)NC(=O)c1c(Cl)nc2ccccn12. The molecular weight excluding hydrogens is 294 g/mol. The number of halogens is 1. The van der Waals surface area contributed by atoms with Gasteiger partial charge < -0.3 is 10.4 Å². The Balaban J connectivity index is 2.25. The lowest BCUT2D eigenvalue weighted by Gasteiger charge is -2.16. The molecule has 112 valence electrons. The molecule has 21 heavy (non-hydrogen) atoms. The van der Waals surface area contributed by atoms with E-state index in [1.807, 2.05) is 6.92 Å². The minimum atomic E-state index is -0.946. The highest BCUT2D eigenvalue weighted by atomic mass is 35.5. The van der Waals surface area contributed by atoms with Crippen LogP contribution in [-0.2, 0) is 4.79 Å². The Morgan fingerprint density at radius 2 is 2.24 bits per heavy atom. The number of fused-ring (bicyclic) bond motifs is 1. The third kappa shape index (κ3) is 3.52. The molecule has 2 N–H and O–H groups in total. The number of imidazole rings is 1. The van der Waals surface area contributed by atoms with Crippen molar-refractivity contribution in [3.63, 3.8) is 0 Å². The zero-order valence-corrected chi connectivity index (χ0v) is 12.3. The molecule has 1 atom stereocenters. The van der Waals surface area contributed by atoms with E-state index in [0.29, 0.717) is 12.1 Å². The summed E-state index contributed by atoms with van der Waals surface area (Å²) in [6.07, 6.45) is 2.94. The lowest BCUT2D eigenvalue weighted by molar-refractivity contribution is -0.137. The van der Waals surface area contributed by atoms with E-state index in [1.165, 1.54) is 0 Å². The van der Waals surface area contributed by atoms with Crippen molar-refractivity contribution in [1.29, 1.82) is 0 Å². The fourth-order valence-corrected chi connectivity index (χ4v) is 2.47. The second-order valence-electron chi connectivity index (χ2n) is 4.74. The van der Waals surface area contributed by atoms with Crippen LogP contribution in [0.5, 0.6) is 0 Å². The molecule has 0 bridgehead atoms. The van der Waals surface area contributed by atoms with Crippen LogP contribution in [0.3, 0.4) is 0 Å². The topological polar surface area (TPSA) is 83.7 Å². The van der Waals surface area contributed by atoms with Gasteiger partial charge in [0.1, 0.15) is 5.65 Å². The maximum Gasteiger partial charge on any atom is 0.305 e. The second kappa shape index (κ2) is 6.58. The fourth-order valence-electron chi connectivity index (χ4n) is 2.21. The first-order chi connectivity index (χ1) is 10.0. The van der Waals surface area contributed by atoms with Gasteiger partial charge in [-0.25, -0.2) is 4.98 Å². The number of aliphatic carboxylic acids is 1. The lowest BCUT2D eigenvalue weighted by Crippen LogP contribution is -2.37. The molecule has 0 aliphatic rings. The molecule has 0 spiro atoms. The summed E-state index contributed by atoms with van der Waals surface area (Å²) in [6, 6.07) is 4.88.